The van der Waals surface area contributed by atoms with E-state index in [2.05, 4.69) is 49.1 Å². The number of anilines is 1. The number of aryl methyl sites for hydroxylation is 1. The summed E-state index contributed by atoms with van der Waals surface area (Å²) in [4.78, 5) is 16.6. The minimum Gasteiger partial charge on any atom is -0.321 e. The molecule has 0 bridgehead atoms. The van der Waals surface area contributed by atoms with Crippen LogP contribution in [0.4, 0.5) is 5.69 Å². The summed E-state index contributed by atoms with van der Waals surface area (Å²) in [5.41, 5.74) is 2.02. The monoisotopic (exact) mass is 430 g/mol. The van der Waals surface area contributed by atoms with E-state index in [4.69, 9.17) is 11.6 Å². The van der Waals surface area contributed by atoms with Crippen LogP contribution in [0.15, 0.2) is 39.3 Å². The number of nitrogens with one attached hydrogen (secondary N) is 1. The summed E-state index contributed by atoms with van der Waals surface area (Å²) in [6.07, 6.45) is 1.74. The number of carbonyl (C=O) groups excluding carboxylic acids is 1. The lowest BCUT2D eigenvalue weighted by Crippen LogP contribution is -2.13. The lowest BCUT2D eigenvalue weighted by atomic mass is 10.1. The average Bonchev–Trinajstić information content (AvgIpc) is 2.42. The summed E-state index contributed by atoms with van der Waals surface area (Å²) in [5.74, 6) is -0.213. The van der Waals surface area contributed by atoms with Crippen LogP contribution >= 0.6 is 43.5 Å². The standard InChI is InChI=1S/C15H13Br2ClN2O/c1-2-3-11-6-9(7-14(18)19-11)15(21)20-13-8-10(16)4-5-12(13)17/h4-8H,2-3H2,1H3,(H,20,21). The van der Waals surface area contributed by atoms with Gasteiger partial charge in [0.15, 0.2) is 0 Å². The van der Waals surface area contributed by atoms with Crippen molar-refractivity contribution in [1.82, 2.24) is 4.98 Å². The Morgan fingerprint density at radius 3 is 2.76 bits per heavy atom. The first-order valence-electron chi connectivity index (χ1n) is 6.42. The third kappa shape index (κ3) is 4.53. The van der Waals surface area contributed by atoms with Gasteiger partial charge >= 0.3 is 0 Å². The van der Waals surface area contributed by atoms with E-state index in [0.717, 1.165) is 27.5 Å². The zero-order valence-electron chi connectivity index (χ0n) is 11.3. The maximum absolute atomic E-state index is 12.4. The fourth-order valence-corrected chi connectivity index (χ4v) is 2.79. The summed E-state index contributed by atoms with van der Waals surface area (Å²) in [7, 11) is 0. The van der Waals surface area contributed by atoms with Crippen LogP contribution in [0.1, 0.15) is 29.4 Å². The number of aromatic nitrogens is 1. The molecule has 2 rings (SSSR count). The van der Waals surface area contributed by atoms with E-state index in [1.807, 2.05) is 18.2 Å². The molecule has 2 aromatic rings. The lowest BCUT2D eigenvalue weighted by Gasteiger charge is -2.09. The molecule has 3 nitrogen and oxygen atoms in total. The van der Waals surface area contributed by atoms with Crippen LogP contribution < -0.4 is 5.32 Å². The first-order chi connectivity index (χ1) is 9.99. The summed E-state index contributed by atoms with van der Waals surface area (Å²) < 4.78 is 1.70. The third-order valence-electron chi connectivity index (χ3n) is 2.79. The Bertz CT molecular complexity index is 677. The summed E-state index contributed by atoms with van der Waals surface area (Å²) in [6.45, 7) is 2.06. The number of benzene rings is 1. The zero-order chi connectivity index (χ0) is 15.4. The fourth-order valence-electron chi connectivity index (χ4n) is 1.85. The van der Waals surface area contributed by atoms with Crippen molar-refractivity contribution in [2.75, 3.05) is 5.32 Å². The Morgan fingerprint density at radius 2 is 2.05 bits per heavy atom. The van der Waals surface area contributed by atoms with Crippen molar-refractivity contribution in [1.29, 1.82) is 0 Å². The second-order valence-electron chi connectivity index (χ2n) is 4.50. The largest absolute Gasteiger partial charge is 0.321 e. The molecular weight excluding hydrogens is 419 g/mol. The molecule has 0 atom stereocenters. The number of rotatable bonds is 4. The van der Waals surface area contributed by atoms with Gasteiger partial charge in [0.1, 0.15) is 5.15 Å². The quantitative estimate of drug-likeness (QED) is 0.652. The summed E-state index contributed by atoms with van der Waals surface area (Å²) >= 11 is 12.8. The van der Waals surface area contributed by atoms with Gasteiger partial charge in [0.05, 0.1) is 5.69 Å². The van der Waals surface area contributed by atoms with E-state index in [0.29, 0.717) is 16.4 Å². The highest BCUT2D eigenvalue weighted by Gasteiger charge is 2.11. The lowest BCUT2D eigenvalue weighted by molar-refractivity contribution is 0.102. The predicted octanol–water partition coefficient (Wildman–Crippen LogP) is 5.46. The van der Waals surface area contributed by atoms with Crippen LogP contribution in [0, 0.1) is 0 Å². The van der Waals surface area contributed by atoms with Crippen molar-refractivity contribution in [3.63, 3.8) is 0 Å². The minimum absolute atomic E-state index is 0.213. The maximum atomic E-state index is 12.4. The molecule has 0 aliphatic rings. The Balaban J connectivity index is 2.25. The van der Waals surface area contributed by atoms with Crippen LogP contribution in [0.2, 0.25) is 5.15 Å². The number of hydrogen-bond acceptors (Lipinski definition) is 2. The van der Waals surface area contributed by atoms with E-state index in [-0.39, 0.29) is 5.91 Å². The van der Waals surface area contributed by atoms with Gasteiger partial charge in [-0.15, -0.1) is 0 Å². The van der Waals surface area contributed by atoms with E-state index in [1.54, 1.807) is 12.1 Å². The van der Waals surface area contributed by atoms with Crippen LogP contribution in [0.3, 0.4) is 0 Å². The molecule has 1 amide bonds. The van der Waals surface area contributed by atoms with Crippen molar-refractivity contribution in [2.45, 2.75) is 19.8 Å². The molecule has 0 aliphatic heterocycles. The topological polar surface area (TPSA) is 42.0 Å². The smallest absolute Gasteiger partial charge is 0.255 e. The molecule has 0 spiro atoms. The molecule has 0 fully saturated rings. The van der Waals surface area contributed by atoms with E-state index in [9.17, 15) is 4.79 Å². The van der Waals surface area contributed by atoms with Gasteiger partial charge in [-0.3, -0.25) is 4.79 Å². The Labute approximate surface area is 145 Å². The normalized spacial score (nSPS) is 10.5. The van der Waals surface area contributed by atoms with Crippen molar-refractivity contribution in [3.05, 3.63) is 55.7 Å². The van der Waals surface area contributed by atoms with E-state index < -0.39 is 0 Å². The Morgan fingerprint density at radius 1 is 1.29 bits per heavy atom. The molecule has 1 heterocycles. The van der Waals surface area contributed by atoms with Gasteiger partial charge in [0, 0.05) is 20.2 Å². The number of carbonyl (C=O) groups is 1. The number of hydrogen-bond donors (Lipinski definition) is 1. The van der Waals surface area contributed by atoms with Crippen molar-refractivity contribution >= 4 is 55.1 Å². The first kappa shape index (κ1) is 16.5. The molecule has 110 valence electrons. The minimum atomic E-state index is -0.213. The molecule has 1 aromatic heterocycles. The van der Waals surface area contributed by atoms with E-state index in [1.165, 1.54) is 0 Å². The van der Waals surface area contributed by atoms with Gasteiger partial charge in [-0.2, -0.15) is 0 Å². The molecule has 0 radical (unpaired) electrons. The molecule has 0 unspecified atom stereocenters. The van der Waals surface area contributed by atoms with Gasteiger partial charge < -0.3 is 5.32 Å². The summed E-state index contributed by atoms with van der Waals surface area (Å²) in [5, 5.41) is 3.19. The van der Waals surface area contributed by atoms with Gasteiger partial charge in [-0.05, 0) is 52.7 Å². The molecule has 0 saturated carbocycles. The van der Waals surface area contributed by atoms with Crippen LogP contribution in [0.5, 0.6) is 0 Å². The average molecular weight is 433 g/mol. The van der Waals surface area contributed by atoms with Gasteiger partial charge in [-0.25, -0.2) is 4.98 Å². The number of halogens is 3. The maximum Gasteiger partial charge on any atom is 0.255 e. The molecule has 0 saturated heterocycles. The first-order valence-corrected chi connectivity index (χ1v) is 8.39. The van der Waals surface area contributed by atoms with Crippen molar-refractivity contribution in [2.24, 2.45) is 0 Å². The molecule has 0 aliphatic carbocycles. The van der Waals surface area contributed by atoms with Gasteiger partial charge in [0.2, 0.25) is 0 Å². The molecule has 1 N–H and O–H groups in total. The highest BCUT2D eigenvalue weighted by molar-refractivity contribution is 9.11. The number of amides is 1. The molecule has 1 aromatic carbocycles. The second kappa shape index (κ2) is 7.38. The Kier molecular flexibility index (Phi) is 5.79. The third-order valence-corrected chi connectivity index (χ3v) is 4.17. The fraction of sp³-hybridized carbons (Fsp3) is 0.200. The van der Waals surface area contributed by atoms with Crippen LogP contribution in [-0.2, 0) is 6.42 Å². The predicted molar refractivity (Wildman–Crippen MR) is 93.0 cm³/mol. The second-order valence-corrected chi connectivity index (χ2v) is 6.66. The van der Waals surface area contributed by atoms with Crippen molar-refractivity contribution in [3.8, 4) is 0 Å². The summed E-state index contributed by atoms with van der Waals surface area (Å²) in [6, 6.07) is 8.93. The Hall–Kier alpha value is -0.910. The number of pyridine rings is 1. The van der Waals surface area contributed by atoms with Crippen LogP contribution in [-0.4, -0.2) is 10.9 Å². The van der Waals surface area contributed by atoms with Gasteiger partial charge in [-0.1, -0.05) is 40.9 Å². The zero-order valence-corrected chi connectivity index (χ0v) is 15.2. The SMILES string of the molecule is CCCc1cc(C(=O)Nc2cc(Br)ccc2Br)cc(Cl)n1. The van der Waals surface area contributed by atoms with Crippen LogP contribution in [0.25, 0.3) is 0 Å². The van der Waals surface area contributed by atoms with E-state index >= 15 is 0 Å². The van der Waals surface area contributed by atoms with Gasteiger partial charge in [0.25, 0.3) is 5.91 Å². The molecule has 21 heavy (non-hydrogen) atoms. The highest BCUT2D eigenvalue weighted by Crippen LogP contribution is 2.26. The van der Waals surface area contributed by atoms with Crippen molar-refractivity contribution < 1.29 is 4.79 Å². The molecule has 6 heteroatoms. The number of nitrogens with zero attached hydrogens (tertiary/aromatic N) is 1. The molecular formula is C15H13Br2ClN2O. The highest BCUT2D eigenvalue weighted by atomic mass is 79.9.